The van der Waals surface area contributed by atoms with Crippen LogP contribution in [0.25, 0.3) is 11.0 Å². The van der Waals surface area contributed by atoms with E-state index in [1.807, 2.05) is 0 Å². The van der Waals surface area contributed by atoms with Crippen molar-refractivity contribution >= 4 is 38.3 Å². The van der Waals surface area contributed by atoms with Gasteiger partial charge >= 0.3 is 6.18 Å². The molecule has 3 aromatic rings. The van der Waals surface area contributed by atoms with Crippen molar-refractivity contribution in [2.75, 3.05) is 11.3 Å². The quantitative estimate of drug-likeness (QED) is 0.621. The van der Waals surface area contributed by atoms with Crippen molar-refractivity contribution in [2.45, 2.75) is 24.7 Å². The first kappa shape index (κ1) is 20.4. The van der Waals surface area contributed by atoms with Crippen molar-refractivity contribution < 1.29 is 26.3 Å². The van der Waals surface area contributed by atoms with Crippen LogP contribution in [0.3, 0.4) is 0 Å². The van der Waals surface area contributed by atoms with Gasteiger partial charge in [-0.05, 0) is 37.3 Å². The zero-order chi connectivity index (χ0) is 20.5. The number of hydrogen-bond donors (Lipinski definition) is 1. The highest BCUT2D eigenvalue weighted by atomic mass is 35.5. The molecule has 0 amide bonds. The Morgan fingerprint density at radius 1 is 1.21 bits per heavy atom. The number of hydrogen-bond acceptors (Lipinski definition) is 4. The minimum atomic E-state index is -4.69. The minimum Gasteiger partial charge on any atom is -0.361 e. The van der Waals surface area contributed by atoms with Crippen molar-refractivity contribution in [3.8, 4) is 0 Å². The number of rotatable bonds is 6. The van der Waals surface area contributed by atoms with Crippen LogP contribution in [0.4, 0.5) is 18.9 Å². The number of nitrogens with one attached hydrogen (secondary N) is 1. The largest absolute Gasteiger partial charge is 0.449 e. The molecule has 0 unspecified atom stereocenters. The molecule has 28 heavy (non-hydrogen) atoms. The Balaban J connectivity index is 2.02. The standard InChI is InChI=1S/C17H15ClF3N3O3S/c1-2-27-10-24-14-8-7-11(9-13(14)22-16(24)17(19,20)21)23-28(25,26)15-6-4-3-5-12(15)18/h3-9,23H,2,10H2,1H3. The average molecular weight is 434 g/mol. The molecule has 0 radical (unpaired) electrons. The third kappa shape index (κ3) is 4.08. The van der Waals surface area contributed by atoms with Crippen molar-refractivity contribution in [3.05, 3.63) is 53.3 Å². The number of benzene rings is 2. The van der Waals surface area contributed by atoms with Gasteiger partial charge in [0.05, 0.1) is 21.7 Å². The Morgan fingerprint density at radius 3 is 2.57 bits per heavy atom. The van der Waals surface area contributed by atoms with E-state index in [1.54, 1.807) is 13.0 Å². The molecule has 0 saturated carbocycles. The van der Waals surface area contributed by atoms with Crippen LogP contribution in [0, 0.1) is 0 Å². The Labute approximate surface area is 163 Å². The normalized spacial score (nSPS) is 12.5. The molecule has 0 atom stereocenters. The van der Waals surface area contributed by atoms with Gasteiger partial charge in [-0.2, -0.15) is 13.2 Å². The molecule has 0 bridgehead atoms. The second-order valence-corrected chi connectivity index (χ2v) is 7.78. The molecule has 11 heteroatoms. The molecule has 0 fully saturated rings. The molecule has 3 rings (SSSR count). The predicted molar refractivity (Wildman–Crippen MR) is 98.6 cm³/mol. The molecule has 1 heterocycles. The summed E-state index contributed by atoms with van der Waals surface area (Å²) in [5.41, 5.74) is 0.204. The van der Waals surface area contributed by atoms with Crippen molar-refractivity contribution in [2.24, 2.45) is 0 Å². The van der Waals surface area contributed by atoms with Crippen molar-refractivity contribution in [1.82, 2.24) is 9.55 Å². The van der Waals surface area contributed by atoms with Crippen molar-refractivity contribution in [1.29, 1.82) is 0 Å². The van der Waals surface area contributed by atoms with E-state index in [9.17, 15) is 21.6 Å². The monoisotopic (exact) mass is 433 g/mol. The molecule has 0 aliphatic carbocycles. The molecule has 0 aliphatic heterocycles. The zero-order valence-electron chi connectivity index (χ0n) is 14.5. The summed E-state index contributed by atoms with van der Waals surface area (Å²) in [6, 6.07) is 9.75. The molecular weight excluding hydrogens is 419 g/mol. The molecule has 150 valence electrons. The highest BCUT2D eigenvalue weighted by Crippen LogP contribution is 2.33. The Kier molecular flexibility index (Phi) is 5.55. The van der Waals surface area contributed by atoms with E-state index in [2.05, 4.69) is 9.71 Å². The molecule has 1 aromatic heterocycles. The molecule has 2 aromatic carbocycles. The SMILES string of the molecule is CCOCn1c(C(F)(F)F)nc2cc(NS(=O)(=O)c3ccccc3Cl)ccc21. The van der Waals surface area contributed by atoms with E-state index in [-0.39, 0.29) is 40.0 Å². The molecule has 1 N–H and O–H groups in total. The lowest BCUT2D eigenvalue weighted by molar-refractivity contribution is -0.149. The van der Waals surface area contributed by atoms with Gasteiger partial charge in [-0.3, -0.25) is 9.29 Å². The summed E-state index contributed by atoms with van der Waals surface area (Å²) < 4.78 is 73.2. The van der Waals surface area contributed by atoms with Gasteiger partial charge in [-0.1, -0.05) is 23.7 Å². The first-order chi connectivity index (χ1) is 13.1. The predicted octanol–water partition coefficient (Wildman–Crippen LogP) is 4.50. The first-order valence-corrected chi connectivity index (χ1v) is 9.92. The summed E-state index contributed by atoms with van der Waals surface area (Å²) in [4.78, 5) is 3.47. The van der Waals surface area contributed by atoms with Crippen LogP contribution in [-0.4, -0.2) is 24.6 Å². The van der Waals surface area contributed by atoms with Crippen molar-refractivity contribution in [3.63, 3.8) is 0 Å². The smallest absolute Gasteiger partial charge is 0.361 e. The van der Waals surface area contributed by atoms with Gasteiger partial charge in [-0.15, -0.1) is 0 Å². The lowest BCUT2D eigenvalue weighted by Crippen LogP contribution is -2.16. The minimum absolute atomic E-state index is 0.0219. The maximum Gasteiger partial charge on any atom is 0.449 e. The summed E-state index contributed by atoms with van der Waals surface area (Å²) in [6.45, 7) is 1.56. The van der Waals surface area contributed by atoms with E-state index in [0.717, 1.165) is 4.57 Å². The summed E-state index contributed by atoms with van der Waals surface area (Å²) in [5.74, 6) is -1.12. The molecular formula is C17H15ClF3N3O3S. The van der Waals surface area contributed by atoms with Gasteiger partial charge in [0.2, 0.25) is 5.82 Å². The molecule has 0 aliphatic rings. The van der Waals surface area contributed by atoms with E-state index in [4.69, 9.17) is 16.3 Å². The van der Waals surface area contributed by atoms with Crippen LogP contribution < -0.4 is 4.72 Å². The first-order valence-electron chi connectivity index (χ1n) is 8.06. The number of imidazole rings is 1. The van der Waals surface area contributed by atoms with Gasteiger partial charge in [0, 0.05) is 6.61 Å². The number of fused-ring (bicyclic) bond motifs is 1. The van der Waals surface area contributed by atoms with E-state index in [0.29, 0.717) is 0 Å². The lowest BCUT2D eigenvalue weighted by Gasteiger charge is -2.11. The number of sulfonamides is 1. The summed E-state index contributed by atoms with van der Waals surface area (Å²) in [5, 5.41) is 0.0245. The summed E-state index contributed by atoms with van der Waals surface area (Å²) in [6.07, 6.45) is -4.69. The number of anilines is 1. The number of aromatic nitrogens is 2. The number of halogens is 4. The Bertz CT molecular complexity index is 1110. The molecule has 0 spiro atoms. The van der Waals surface area contributed by atoms with Gasteiger partial charge in [-0.25, -0.2) is 13.4 Å². The van der Waals surface area contributed by atoms with E-state index < -0.39 is 22.0 Å². The van der Waals surface area contributed by atoms with Crippen LogP contribution in [0.1, 0.15) is 12.7 Å². The highest BCUT2D eigenvalue weighted by Gasteiger charge is 2.37. The topological polar surface area (TPSA) is 73.2 Å². The zero-order valence-corrected chi connectivity index (χ0v) is 16.1. The second-order valence-electron chi connectivity index (χ2n) is 5.72. The molecule has 0 saturated heterocycles. The van der Waals surface area contributed by atoms with Crippen LogP contribution in [-0.2, 0) is 27.7 Å². The summed E-state index contributed by atoms with van der Waals surface area (Å²) >= 11 is 5.92. The van der Waals surface area contributed by atoms with Gasteiger partial charge < -0.3 is 4.74 Å². The van der Waals surface area contributed by atoms with E-state index >= 15 is 0 Å². The summed E-state index contributed by atoms with van der Waals surface area (Å²) in [7, 11) is -4.02. The highest BCUT2D eigenvalue weighted by molar-refractivity contribution is 7.92. The van der Waals surface area contributed by atoms with Gasteiger partial charge in [0.1, 0.15) is 11.6 Å². The fourth-order valence-electron chi connectivity index (χ4n) is 2.60. The van der Waals surface area contributed by atoms with E-state index in [1.165, 1.54) is 36.4 Å². The number of alkyl halides is 3. The average Bonchev–Trinajstić information content (AvgIpc) is 2.98. The maximum absolute atomic E-state index is 13.3. The fourth-order valence-corrected chi connectivity index (χ4v) is 4.17. The van der Waals surface area contributed by atoms with Crippen LogP contribution in [0.15, 0.2) is 47.4 Å². The van der Waals surface area contributed by atoms with Gasteiger partial charge in [0.25, 0.3) is 10.0 Å². The lowest BCUT2D eigenvalue weighted by atomic mass is 10.3. The fraction of sp³-hybridized carbons (Fsp3) is 0.235. The number of ether oxygens (including phenoxy) is 1. The third-order valence-electron chi connectivity index (χ3n) is 3.80. The number of nitrogens with zero attached hydrogens (tertiary/aromatic N) is 2. The Hall–Kier alpha value is -2.30. The Morgan fingerprint density at radius 2 is 1.93 bits per heavy atom. The van der Waals surface area contributed by atoms with Crippen LogP contribution >= 0.6 is 11.6 Å². The maximum atomic E-state index is 13.3. The van der Waals surface area contributed by atoms with Crippen LogP contribution in [0.2, 0.25) is 5.02 Å². The third-order valence-corrected chi connectivity index (χ3v) is 5.69. The van der Waals surface area contributed by atoms with Gasteiger partial charge in [0.15, 0.2) is 0 Å². The van der Waals surface area contributed by atoms with Crippen LogP contribution in [0.5, 0.6) is 0 Å². The molecule has 6 nitrogen and oxygen atoms in total. The second kappa shape index (κ2) is 7.61.